The molecule has 0 unspecified atom stereocenters. The molecule has 9 aromatic carbocycles. The summed E-state index contributed by atoms with van der Waals surface area (Å²) >= 11 is 0. The van der Waals surface area contributed by atoms with Gasteiger partial charge in [-0.25, -0.2) is 0 Å². The number of nitrogens with zero attached hydrogens (tertiary/aromatic N) is 2. The van der Waals surface area contributed by atoms with Crippen LogP contribution in [0.15, 0.2) is 162 Å². The first-order valence-corrected chi connectivity index (χ1v) is 29.3. The smallest absolute Gasteiger partial charge is 0.333 e. The van der Waals surface area contributed by atoms with Crippen molar-refractivity contribution in [2.24, 2.45) is 11.8 Å². The van der Waals surface area contributed by atoms with Crippen molar-refractivity contribution in [2.75, 3.05) is 4.90 Å². The normalized spacial score (nSPS) is 22.8. The molecule has 0 amide bonds. The van der Waals surface area contributed by atoms with Gasteiger partial charge in [-0.3, -0.25) is 0 Å². The van der Waals surface area contributed by atoms with Gasteiger partial charge in [0, 0.05) is 61.1 Å². The third-order valence-electron chi connectivity index (χ3n) is 20.9. The minimum absolute atomic E-state index is 0.0350. The molecule has 4 bridgehead atoms. The summed E-state index contributed by atoms with van der Waals surface area (Å²) in [5.74, 6) is 1.71. The quantitative estimate of drug-likeness (QED) is 0.164. The molecule has 11 aromatic rings. The molecule has 76 heavy (non-hydrogen) atoms. The van der Waals surface area contributed by atoms with Crippen molar-refractivity contribution in [1.82, 2.24) is 4.48 Å². The van der Waals surface area contributed by atoms with E-state index in [2.05, 4.69) is 188 Å². The zero-order valence-electron chi connectivity index (χ0n) is 44.4. The van der Waals surface area contributed by atoms with E-state index in [1.807, 2.05) is 0 Å². The van der Waals surface area contributed by atoms with Crippen molar-refractivity contribution in [3.05, 3.63) is 174 Å². The highest BCUT2D eigenvalue weighted by molar-refractivity contribution is 6.90. The summed E-state index contributed by atoms with van der Waals surface area (Å²) in [7, 11) is 0. The van der Waals surface area contributed by atoms with Crippen LogP contribution in [0, 0.1) is 11.8 Å². The van der Waals surface area contributed by atoms with E-state index in [-0.39, 0.29) is 23.1 Å². The predicted molar refractivity (Wildman–Crippen MR) is 321 cm³/mol. The van der Waals surface area contributed by atoms with Crippen LogP contribution in [-0.2, 0) is 16.2 Å². The fourth-order valence-corrected chi connectivity index (χ4v) is 17.4. The van der Waals surface area contributed by atoms with Gasteiger partial charge in [-0.15, -0.1) is 0 Å². The lowest BCUT2D eigenvalue weighted by molar-refractivity contribution is 0.149. The van der Waals surface area contributed by atoms with E-state index in [0.29, 0.717) is 0 Å². The molecule has 0 N–H and O–H groups in total. The largest absolute Gasteiger partial charge is 0.456 e. The molecule has 0 radical (unpaired) electrons. The van der Waals surface area contributed by atoms with Gasteiger partial charge in [0.25, 0.3) is 0 Å². The molecule has 3 nitrogen and oxygen atoms in total. The third-order valence-corrected chi connectivity index (χ3v) is 20.9. The number of furan rings is 1. The Labute approximate surface area is 447 Å². The molecule has 4 fully saturated rings. The van der Waals surface area contributed by atoms with Crippen molar-refractivity contribution in [1.29, 1.82) is 0 Å². The summed E-state index contributed by atoms with van der Waals surface area (Å²) in [5, 5.41) is 10.4. The fraction of sp³-hybridized carbons (Fsp3) is 0.306. The third kappa shape index (κ3) is 6.19. The van der Waals surface area contributed by atoms with E-state index < -0.39 is 0 Å². The zero-order valence-corrected chi connectivity index (χ0v) is 44.4. The molecule has 6 aliphatic rings. The summed E-state index contributed by atoms with van der Waals surface area (Å²) in [6.45, 7) is 6.94. The Kier molecular flexibility index (Phi) is 9.16. The lowest BCUT2D eigenvalue weighted by atomic mass is 9.44. The number of rotatable bonds is 4. The number of aromatic nitrogens is 1. The molecule has 4 heterocycles. The number of hydrogen-bond donors (Lipinski definition) is 0. The van der Waals surface area contributed by atoms with Crippen LogP contribution >= 0.6 is 0 Å². The molecule has 4 aliphatic carbocycles. The van der Waals surface area contributed by atoms with Crippen molar-refractivity contribution < 1.29 is 4.42 Å². The summed E-state index contributed by atoms with van der Waals surface area (Å²) in [6.07, 6.45) is 19.0. The number of benzene rings is 9. The van der Waals surface area contributed by atoms with E-state index in [1.54, 1.807) is 11.1 Å². The molecular weight excluding hydrogens is 920 g/mol. The van der Waals surface area contributed by atoms with Crippen LogP contribution in [0.25, 0.3) is 87.5 Å². The Balaban J connectivity index is 1.03. The van der Waals surface area contributed by atoms with E-state index in [4.69, 9.17) is 4.42 Å². The first-order valence-electron chi connectivity index (χ1n) is 29.3. The average Bonchev–Trinajstić information content (AvgIpc) is 4.13. The molecule has 2 aromatic heterocycles. The number of anilines is 3. The van der Waals surface area contributed by atoms with Crippen molar-refractivity contribution in [3.8, 4) is 22.3 Å². The SMILES string of the molecule is CC(C)(C)c1ccc(N2c3cc4oc5cc6ccccc6cc5c4cc3B3c4c2cc2ccccc2c4-c2cc(C45CCCC(CCC4)C5)cc4c5cc(C67CCCC(CCC6)C7)ccc5n3c24)c(-c2ccccc2)c1. The van der Waals surface area contributed by atoms with Gasteiger partial charge in [0.05, 0.1) is 5.69 Å². The van der Waals surface area contributed by atoms with Crippen LogP contribution in [0.1, 0.15) is 127 Å². The first kappa shape index (κ1) is 44.1. The summed E-state index contributed by atoms with van der Waals surface area (Å²) in [5.41, 5.74) is 21.4. The van der Waals surface area contributed by atoms with E-state index in [1.165, 1.54) is 200 Å². The Morgan fingerprint density at radius 1 is 0.500 bits per heavy atom. The first-order chi connectivity index (χ1) is 37.2. The molecule has 4 heteroatoms. The van der Waals surface area contributed by atoms with Crippen LogP contribution in [-0.4, -0.2) is 11.3 Å². The average molecular weight is 985 g/mol. The lowest BCUT2D eigenvalue weighted by Gasteiger charge is -2.46. The van der Waals surface area contributed by atoms with Crippen molar-refractivity contribution >= 4 is 100 Å². The highest BCUT2D eigenvalue weighted by Crippen LogP contribution is 2.57. The maximum atomic E-state index is 7.10. The van der Waals surface area contributed by atoms with Crippen molar-refractivity contribution in [3.63, 3.8) is 0 Å². The topological polar surface area (TPSA) is 21.3 Å². The molecule has 0 saturated heterocycles. The second-order valence-electron chi connectivity index (χ2n) is 26.0. The van der Waals surface area contributed by atoms with Crippen LogP contribution in [0.5, 0.6) is 0 Å². The second-order valence-corrected chi connectivity index (χ2v) is 26.0. The zero-order chi connectivity index (χ0) is 50.2. The van der Waals surface area contributed by atoms with Gasteiger partial charge in [0.1, 0.15) is 11.2 Å². The maximum Gasteiger partial charge on any atom is 0.333 e. The van der Waals surface area contributed by atoms with Gasteiger partial charge in [0.15, 0.2) is 0 Å². The Morgan fingerprint density at radius 3 is 1.88 bits per heavy atom. The predicted octanol–water partition coefficient (Wildman–Crippen LogP) is 18.6. The maximum absolute atomic E-state index is 7.10. The molecule has 0 spiro atoms. The van der Waals surface area contributed by atoms with Gasteiger partial charge in [-0.1, -0.05) is 169 Å². The number of fused-ring (bicyclic) bond motifs is 17. The van der Waals surface area contributed by atoms with Gasteiger partial charge in [-0.05, 0) is 181 Å². The van der Waals surface area contributed by atoms with Gasteiger partial charge in [-0.2, -0.15) is 0 Å². The van der Waals surface area contributed by atoms with E-state index in [9.17, 15) is 0 Å². The molecule has 2 aliphatic heterocycles. The lowest BCUT2D eigenvalue weighted by Crippen LogP contribution is -2.56. The van der Waals surface area contributed by atoms with Crippen molar-refractivity contribution in [2.45, 2.75) is 127 Å². The molecular formula is C72H65BN2O. The van der Waals surface area contributed by atoms with Crippen LogP contribution < -0.4 is 15.8 Å². The minimum Gasteiger partial charge on any atom is -0.456 e. The summed E-state index contributed by atoms with van der Waals surface area (Å²) in [6, 6.07) is 62.3. The highest BCUT2D eigenvalue weighted by atomic mass is 16.3. The Bertz CT molecular complexity index is 4260. The van der Waals surface area contributed by atoms with E-state index >= 15 is 0 Å². The Morgan fingerprint density at radius 2 is 1.14 bits per heavy atom. The van der Waals surface area contributed by atoms with Crippen LogP contribution in [0.4, 0.5) is 17.1 Å². The highest BCUT2D eigenvalue weighted by Gasteiger charge is 2.48. The summed E-state index contributed by atoms with van der Waals surface area (Å²) in [4.78, 5) is 2.66. The van der Waals surface area contributed by atoms with Gasteiger partial charge >= 0.3 is 6.85 Å². The van der Waals surface area contributed by atoms with E-state index in [0.717, 1.165) is 23.0 Å². The minimum atomic E-state index is -0.0901. The second kappa shape index (κ2) is 15.8. The van der Waals surface area contributed by atoms with Gasteiger partial charge < -0.3 is 13.8 Å². The van der Waals surface area contributed by atoms with Crippen LogP contribution in [0.3, 0.4) is 0 Å². The standard InChI is InChI=1S/C72H65BN2O/c1-70(2,3)50-25-27-61(54(36-50)46-19-5-4-6-20-46)74-63-41-66-57(56-33-47-21-7-8-22-48(47)35-65(56)76-66)40-60(63)73-68-64(74)34-49-23-9-10-24-53(49)67(68)59-39-52(72-31-13-17-45(43-72)18-14-32-72)38-58-55-37-51(26-28-62(55)75(73)69(58)59)71-29-11-15-44(42-71)16-12-30-71/h4-10,19-28,33-41,44-45H,11-18,29-32,42-43H2,1-3H3. The summed E-state index contributed by atoms with van der Waals surface area (Å²) < 4.78 is 9.96. The molecule has 4 saturated carbocycles. The van der Waals surface area contributed by atoms with Crippen LogP contribution in [0.2, 0.25) is 0 Å². The fourth-order valence-electron chi connectivity index (χ4n) is 17.4. The molecule has 372 valence electrons. The van der Waals surface area contributed by atoms with Gasteiger partial charge in [0.2, 0.25) is 0 Å². The molecule has 17 rings (SSSR count). The Hall–Kier alpha value is -7.04. The number of hydrogen-bond acceptors (Lipinski definition) is 2. The monoisotopic (exact) mass is 985 g/mol. The molecule has 0 atom stereocenters.